The molecule has 2 heterocycles. The van der Waals surface area contributed by atoms with Crippen LogP contribution in [0.5, 0.6) is 0 Å². The molecule has 1 aliphatic heterocycles. The van der Waals surface area contributed by atoms with Gasteiger partial charge in [-0.25, -0.2) is 8.42 Å². The predicted octanol–water partition coefficient (Wildman–Crippen LogP) is 3.34. The Hall–Kier alpha value is -2.00. The Labute approximate surface area is 184 Å². The topological polar surface area (TPSA) is 62.6 Å². The second-order valence-electron chi connectivity index (χ2n) is 7.72. The number of aromatic nitrogens is 1. The maximum Gasteiger partial charge on any atom is 0.243 e. The van der Waals surface area contributed by atoms with E-state index in [1.165, 1.54) is 0 Å². The van der Waals surface area contributed by atoms with Gasteiger partial charge in [-0.3, -0.25) is 9.69 Å². The smallest absolute Gasteiger partial charge is 0.243 e. The second kappa shape index (κ2) is 8.26. The van der Waals surface area contributed by atoms with Crippen molar-refractivity contribution < 1.29 is 8.42 Å². The van der Waals surface area contributed by atoms with Crippen LogP contribution in [0.25, 0.3) is 10.9 Å². The molecule has 0 spiro atoms. The molecule has 158 valence electrons. The fraction of sp³-hybridized carbons (Fsp3) is 0.318. The quantitative estimate of drug-likeness (QED) is 0.563. The first-order valence-electron chi connectivity index (χ1n) is 9.85. The van der Waals surface area contributed by atoms with E-state index >= 15 is 0 Å². The maximum absolute atomic E-state index is 13.1. The van der Waals surface area contributed by atoms with Crippen LogP contribution in [-0.4, -0.2) is 48.4 Å². The number of sulfonamides is 1. The Morgan fingerprint density at radius 3 is 2.47 bits per heavy atom. The summed E-state index contributed by atoms with van der Waals surface area (Å²) in [7, 11) is -3.51. The summed E-state index contributed by atoms with van der Waals surface area (Å²) in [6, 6.07) is 12.7. The molecule has 2 aromatic carbocycles. The molecule has 0 N–H and O–H groups in total. The molecular weight excluding hydrogens is 466 g/mol. The minimum absolute atomic E-state index is 0.00742. The van der Waals surface area contributed by atoms with Crippen molar-refractivity contribution in [2.24, 2.45) is 0 Å². The van der Waals surface area contributed by atoms with Crippen LogP contribution < -0.4 is 5.43 Å². The van der Waals surface area contributed by atoms with E-state index in [0.717, 1.165) is 21.1 Å². The summed E-state index contributed by atoms with van der Waals surface area (Å²) in [5.74, 6) is 0. The molecule has 3 aromatic rings. The van der Waals surface area contributed by atoms with Crippen molar-refractivity contribution in [1.29, 1.82) is 0 Å². The van der Waals surface area contributed by atoms with Crippen LogP contribution >= 0.6 is 15.9 Å². The third-order valence-corrected chi connectivity index (χ3v) is 8.27. The monoisotopic (exact) mass is 489 g/mol. The number of hydrogen-bond acceptors (Lipinski definition) is 4. The molecule has 4 rings (SSSR count). The van der Waals surface area contributed by atoms with E-state index in [4.69, 9.17) is 0 Å². The fourth-order valence-corrected chi connectivity index (χ4v) is 6.22. The lowest BCUT2D eigenvalue weighted by Gasteiger charge is -2.34. The lowest BCUT2D eigenvalue weighted by molar-refractivity contribution is 0.154. The average Bonchev–Trinajstić information content (AvgIpc) is 2.72. The van der Waals surface area contributed by atoms with E-state index in [1.807, 2.05) is 48.7 Å². The van der Waals surface area contributed by atoms with Gasteiger partial charge in [0, 0.05) is 48.3 Å². The van der Waals surface area contributed by atoms with E-state index in [-0.39, 0.29) is 5.43 Å². The molecule has 8 heteroatoms. The van der Waals surface area contributed by atoms with Gasteiger partial charge in [0.2, 0.25) is 10.0 Å². The largest absolute Gasteiger partial charge is 0.333 e. The number of piperazine rings is 1. The van der Waals surface area contributed by atoms with Crippen molar-refractivity contribution >= 4 is 36.9 Å². The van der Waals surface area contributed by atoms with Gasteiger partial charge in [0.25, 0.3) is 0 Å². The molecule has 1 aromatic heterocycles. The number of aryl methyl sites for hydroxylation is 2. The fourth-order valence-electron chi connectivity index (χ4n) is 3.90. The normalized spacial score (nSPS) is 16.2. The van der Waals surface area contributed by atoms with Crippen LogP contribution in [0.2, 0.25) is 0 Å². The number of rotatable bonds is 4. The highest BCUT2D eigenvalue weighted by Gasteiger charge is 2.29. The second-order valence-corrected chi connectivity index (χ2v) is 10.5. The summed E-state index contributed by atoms with van der Waals surface area (Å²) in [6.07, 6.45) is 1.80. The highest BCUT2D eigenvalue weighted by molar-refractivity contribution is 9.10. The zero-order chi connectivity index (χ0) is 21.5. The molecule has 0 bridgehead atoms. The molecule has 0 amide bonds. The van der Waals surface area contributed by atoms with E-state index in [9.17, 15) is 13.2 Å². The van der Waals surface area contributed by atoms with Crippen LogP contribution in [0.15, 0.2) is 62.8 Å². The van der Waals surface area contributed by atoms with Crippen molar-refractivity contribution in [3.63, 3.8) is 0 Å². The van der Waals surface area contributed by atoms with Gasteiger partial charge in [0.15, 0.2) is 5.43 Å². The molecule has 1 saturated heterocycles. The van der Waals surface area contributed by atoms with Crippen molar-refractivity contribution in [3.05, 3.63) is 74.5 Å². The lowest BCUT2D eigenvalue weighted by atomic mass is 10.2. The van der Waals surface area contributed by atoms with Crippen LogP contribution in [0.4, 0.5) is 0 Å². The van der Waals surface area contributed by atoms with Gasteiger partial charge < -0.3 is 4.57 Å². The minimum atomic E-state index is -3.51. The Balaban J connectivity index is 1.52. The number of benzene rings is 2. The van der Waals surface area contributed by atoms with Crippen LogP contribution in [0, 0.1) is 13.8 Å². The Bertz CT molecular complexity index is 1260. The van der Waals surface area contributed by atoms with Gasteiger partial charge in [0.1, 0.15) is 0 Å². The molecule has 1 aliphatic rings. The van der Waals surface area contributed by atoms with Gasteiger partial charge in [-0.2, -0.15) is 4.31 Å². The van der Waals surface area contributed by atoms with Gasteiger partial charge in [-0.1, -0.05) is 18.2 Å². The van der Waals surface area contributed by atoms with Gasteiger partial charge in [-0.15, -0.1) is 0 Å². The van der Waals surface area contributed by atoms with Crippen molar-refractivity contribution in [1.82, 2.24) is 13.8 Å². The van der Waals surface area contributed by atoms with Gasteiger partial charge in [0.05, 0.1) is 17.1 Å². The standard InChI is InChI=1S/C22H24BrN3O3S/c1-16-6-7-17(2)21(14-16)30(28,29)26-12-10-24(11-13-26)15-25-9-8-20(27)18-4-3-5-19(23)22(18)25/h3-9,14H,10-13,15H2,1-2H3. The molecule has 0 aliphatic carbocycles. The molecule has 0 radical (unpaired) electrons. The number of halogens is 1. The first kappa shape index (κ1) is 21.2. The van der Waals surface area contributed by atoms with Crippen LogP contribution in [-0.2, 0) is 16.7 Å². The predicted molar refractivity (Wildman–Crippen MR) is 122 cm³/mol. The number of para-hydroxylation sites is 1. The number of nitrogens with zero attached hydrogens (tertiary/aromatic N) is 3. The summed E-state index contributed by atoms with van der Waals surface area (Å²) < 4.78 is 30.8. The summed E-state index contributed by atoms with van der Waals surface area (Å²) >= 11 is 3.55. The number of fused-ring (bicyclic) bond motifs is 1. The number of pyridine rings is 1. The summed E-state index contributed by atoms with van der Waals surface area (Å²) in [5.41, 5.74) is 2.56. The SMILES string of the molecule is Cc1ccc(C)c(S(=O)(=O)N2CCN(Cn3ccc(=O)c4cccc(Br)c43)CC2)c1. The highest BCUT2D eigenvalue weighted by atomic mass is 79.9. The van der Waals surface area contributed by atoms with E-state index < -0.39 is 10.0 Å². The highest BCUT2D eigenvalue weighted by Crippen LogP contribution is 2.24. The summed E-state index contributed by atoms with van der Waals surface area (Å²) in [4.78, 5) is 14.8. The van der Waals surface area contributed by atoms with Gasteiger partial charge >= 0.3 is 0 Å². The van der Waals surface area contributed by atoms with Crippen molar-refractivity contribution in [3.8, 4) is 0 Å². The third-order valence-electron chi connectivity index (χ3n) is 5.59. The van der Waals surface area contributed by atoms with E-state index in [0.29, 0.717) is 43.1 Å². The average molecular weight is 490 g/mol. The Kier molecular flexibility index (Phi) is 5.85. The number of hydrogen-bond donors (Lipinski definition) is 0. The van der Waals surface area contributed by atoms with Crippen molar-refractivity contribution in [2.75, 3.05) is 26.2 Å². The summed E-state index contributed by atoms with van der Waals surface area (Å²) in [5, 5.41) is 0.669. The molecular formula is C22H24BrN3O3S. The van der Waals surface area contributed by atoms with Crippen molar-refractivity contribution in [2.45, 2.75) is 25.4 Å². The van der Waals surface area contributed by atoms with E-state index in [2.05, 4.69) is 20.8 Å². The summed E-state index contributed by atoms with van der Waals surface area (Å²) in [6.45, 7) is 6.47. The van der Waals surface area contributed by atoms with Crippen LogP contribution in [0.3, 0.4) is 0 Å². The Morgan fingerprint density at radius 1 is 1.00 bits per heavy atom. The molecule has 1 fully saturated rings. The van der Waals surface area contributed by atoms with Crippen LogP contribution in [0.1, 0.15) is 11.1 Å². The third kappa shape index (κ3) is 3.97. The molecule has 0 saturated carbocycles. The Morgan fingerprint density at radius 2 is 1.73 bits per heavy atom. The molecule has 6 nitrogen and oxygen atoms in total. The first-order chi connectivity index (χ1) is 14.3. The zero-order valence-electron chi connectivity index (χ0n) is 17.0. The lowest BCUT2D eigenvalue weighted by Crippen LogP contribution is -2.49. The minimum Gasteiger partial charge on any atom is -0.333 e. The van der Waals surface area contributed by atoms with E-state index in [1.54, 1.807) is 22.6 Å². The zero-order valence-corrected chi connectivity index (χ0v) is 19.4. The molecule has 0 atom stereocenters. The maximum atomic E-state index is 13.1. The molecule has 0 unspecified atom stereocenters. The first-order valence-corrected chi connectivity index (χ1v) is 12.1. The van der Waals surface area contributed by atoms with Gasteiger partial charge in [-0.05, 0) is 59.1 Å². The molecule has 30 heavy (non-hydrogen) atoms.